The molecule has 0 atom stereocenters. The first-order chi connectivity index (χ1) is 11.2. The Morgan fingerprint density at radius 1 is 0.583 bits per heavy atom. The Hall–Kier alpha value is -1.99. The molecule has 0 aromatic heterocycles. The normalized spacial score (nSPS) is 12.8. The van der Waals surface area contributed by atoms with Crippen molar-refractivity contribution >= 4 is 15.5 Å². The second-order valence-electron chi connectivity index (χ2n) is 4.70. The van der Waals surface area contributed by atoms with Gasteiger partial charge in [0.25, 0.3) is 0 Å². The van der Waals surface area contributed by atoms with E-state index in [-0.39, 0.29) is 0 Å². The van der Waals surface area contributed by atoms with Gasteiger partial charge in [-0.15, -0.1) is 0 Å². The van der Waals surface area contributed by atoms with Crippen molar-refractivity contribution in [2.24, 2.45) is 0 Å². The van der Waals surface area contributed by atoms with E-state index in [9.17, 15) is 38.9 Å². The standard InChI is InChI=1S/C13HF8O.Al.O/c14-5-1-2-4(8(17)12(21)10(19)6(2)15)13(22)3(1)7(16)11(20)9(5)18;;/h13H;;/q-1;+1;. The number of hydrogen-bond acceptors (Lipinski definition) is 2. The summed E-state index contributed by atoms with van der Waals surface area (Å²) in [6.45, 7) is 0. The molecule has 0 spiro atoms. The van der Waals surface area contributed by atoms with E-state index in [1.165, 1.54) is 0 Å². The van der Waals surface area contributed by atoms with Crippen LogP contribution in [0.25, 0.3) is 11.1 Å². The van der Waals surface area contributed by atoms with Crippen molar-refractivity contribution in [1.29, 1.82) is 0 Å². The van der Waals surface area contributed by atoms with Crippen LogP contribution in [0.4, 0.5) is 35.1 Å². The summed E-state index contributed by atoms with van der Waals surface area (Å²) in [5.74, 6) is -17.8. The number of hydrogen-bond donors (Lipinski definition) is 0. The minimum atomic E-state index is -2.36. The van der Waals surface area contributed by atoms with Crippen molar-refractivity contribution in [3.63, 3.8) is 0 Å². The van der Waals surface area contributed by atoms with Gasteiger partial charge in [0.2, 0.25) is 0 Å². The summed E-state index contributed by atoms with van der Waals surface area (Å²) in [7, 11) is 0. The van der Waals surface area contributed by atoms with E-state index in [0.29, 0.717) is 0 Å². The second kappa shape index (κ2) is 5.53. The molecule has 0 radical (unpaired) electrons. The van der Waals surface area contributed by atoms with Crippen LogP contribution in [-0.2, 0) is 7.59 Å². The molecule has 3 rings (SSSR count). The first kappa shape index (κ1) is 16.9. The molecule has 24 heavy (non-hydrogen) atoms. The molecule has 0 N–H and O–H groups in total. The number of halogens is 8. The van der Waals surface area contributed by atoms with Crippen LogP contribution in [0, 0.1) is 46.5 Å². The van der Waals surface area contributed by atoms with Gasteiger partial charge in [-0.25, -0.2) is 0 Å². The molecule has 2 nitrogen and oxygen atoms in total. The maximum atomic E-state index is 14.0. The van der Waals surface area contributed by atoms with Gasteiger partial charge >= 0.3 is 133 Å². The van der Waals surface area contributed by atoms with E-state index in [0.717, 1.165) is 0 Å². The molecule has 1 aliphatic carbocycles. The summed E-state index contributed by atoms with van der Waals surface area (Å²) in [6, 6.07) is 0. The van der Waals surface area contributed by atoms with Crippen molar-refractivity contribution in [1.82, 2.24) is 0 Å². The van der Waals surface area contributed by atoms with E-state index in [4.69, 9.17) is 0 Å². The van der Waals surface area contributed by atoms with Crippen LogP contribution < -0.4 is 0 Å². The molecule has 0 saturated carbocycles. The molecule has 0 aliphatic heterocycles. The van der Waals surface area contributed by atoms with Crippen LogP contribution in [-0.4, -0.2) is 15.5 Å². The third-order valence-electron chi connectivity index (χ3n) is 3.57. The quantitative estimate of drug-likeness (QED) is 0.348. The Bertz CT molecular complexity index is 845. The van der Waals surface area contributed by atoms with Crippen LogP contribution >= 0.6 is 0 Å². The topological polar surface area (TPSA) is 26.3 Å². The summed E-state index contributed by atoms with van der Waals surface area (Å²) in [5, 5.41) is 0. The van der Waals surface area contributed by atoms with Gasteiger partial charge in [0, 0.05) is 0 Å². The first-order valence-corrected chi connectivity index (χ1v) is 6.99. The Kier molecular flexibility index (Phi) is 3.88. The molecule has 0 amide bonds. The number of fused-ring (bicyclic) bond motifs is 3. The molecule has 124 valence electrons. The van der Waals surface area contributed by atoms with Crippen molar-refractivity contribution in [3.05, 3.63) is 57.7 Å². The molecule has 0 saturated heterocycles. The van der Waals surface area contributed by atoms with E-state index < -0.39 is 90.4 Å². The van der Waals surface area contributed by atoms with Gasteiger partial charge in [0.05, 0.1) is 0 Å². The first-order valence-electron chi connectivity index (χ1n) is 6.05. The van der Waals surface area contributed by atoms with Crippen LogP contribution in [0.5, 0.6) is 0 Å². The summed E-state index contributed by atoms with van der Waals surface area (Å²) < 4.78 is 125. The summed E-state index contributed by atoms with van der Waals surface area (Å²) >= 11 is -2.26. The molecule has 11 heteroatoms. The monoisotopic (exact) mass is 368 g/mol. The minimum absolute atomic E-state index is 1.24. The zero-order valence-electron chi connectivity index (χ0n) is 11.0. The van der Waals surface area contributed by atoms with Crippen molar-refractivity contribution in [2.45, 2.75) is 6.10 Å². The van der Waals surface area contributed by atoms with E-state index >= 15 is 0 Å². The van der Waals surface area contributed by atoms with Gasteiger partial charge in [-0.2, -0.15) is 0 Å². The average Bonchev–Trinajstić information content (AvgIpc) is 2.90. The molecule has 2 aromatic carbocycles. The molecule has 2 aromatic rings. The Balaban J connectivity index is 2.56. The summed E-state index contributed by atoms with van der Waals surface area (Å²) in [4.78, 5) is 0. The molecule has 0 bridgehead atoms. The van der Waals surface area contributed by atoms with Crippen LogP contribution in [0.1, 0.15) is 17.2 Å². The number of benzene rings is 2. The van der Waals surface area contributed by atoms with Crippen LogP contribution in [0.3, 0.4) is 0 Å². The third-order valence-corrected chi connectivity index (χ3v) is 3.96. The zero-order valence-corrected chi connectivity index (χ0v) is 12.1. The van der Waals surface area contributed by atoms with Crippen molar-refractivity contribution < 1.29 is 42.7 Å². The predicted molar refractivity (Wildman–Crippen MR) is 60.9 cm³/mol. The second-order valence-corrected chi connectivity index (χ2v) is 5.17. The number of rotatable bonds is 2. The fraction of sp³-hybridized carbons (Fsp3) is 0.0769. The van der Waals surface area contributed by atoms with Gasteiger partial charge in [-0.3, -0.25) is 0 Å². The fourth-order valence-electron chi connectivity index (χ4n) is 2.61. The van der Waals surface area contributed by atoms with E-state index in [1.807, 2.05) is 0 Å². The Labute approximate surface area is 133 Å². The molecular weight excluding hydrogens is 367 g/mol. The summed E-state index contributed by atoms with van der Waals surface area (Å²) in [6.07, 6.45) is -2.24. The molecule has 1 aliphatic rings. The predicted octanol–water partition coefficient (Wildman–Crippen LogP) is 3.85. The zero-order chi connectivity index (χ0) is 17.9. The van der Waals surface area contributed by atoms with Crippen LogP contribution in [0.15, 0.2) is 0 Å². The Morgan fingerprint density at radius 3 is 1.25 bits per heavy atom. The molecule has 0 heterocycles. The SMILES string of the molecule is [O]=[Al][O]C1c2c(F)c(F)c(F)c(F)c2-c2c(F)c(F)c(F)c(F)c21. The van der Waals surface area contributed by atoms with E-state index in [2.05, 4.69) is 3.79 Å². The Morgan fingerprint density at radius 2 is 0.917 bits per heavy atom. The van der Waals surface area contributed by atoms with Crippen molar-refractivity contribution in [3.8, 4) is 11.1 Å². The molecule has 0 fully saturated rings. The van der Waals surface area contributed by atoms with Gasteiger partial charge in [0.15, 0.2) is 0 Å². The summed E-state index contributed by atoms with van der Waals surface area (Å²) in [5.41, 5.74) is -5.22. The third kappa shape index (κ3) is 1.94. The van der Waals surface area contributed by atoms with Gasteiger partial charge in [0.1, 0.15) is 0 Å². The van der Waals surface area contributed by atoms with Crippen molar-refractivity contribution in [2.75, 3.05) is 0 Å². The van der Waals surface area contributed by atoms with Gasteiger partial charge in [-0.05, 0) is 0 Å². The average molecular weight is 368 g/mol. The van der Waals surface area contributed by atoms with Crippen LogP contribution in [0.2, 0.25) is 0 Å². The molecular formula is C13HAlF8O2. The van der Waals surface area contributed by atoms with Gasteiger partial charge < -0.3 is 0 Å². The molecule has 0 unspecified atom stereocenters. The van der Waals surface area contributed by atoms with Gasteiger partial charge in [-0.1, -0.05) is 0 Å². The fourth-order valence-corrected chi connectivity index (χ4v) is 3.00. The van der Waals surface area contributed by atoms with E-state index in [1.54, 1.807) is 0 Å². The maximum absolute atomic E-state index is 14.0.